The Morgan fingerprint density at radius 2 is 1.83 bits per heavy atom. The van der Waals surface area contributed by atoms with E-state index in [0.29, 0.717) is 12.2 Å². The summed E-state index contributed by atoms with van der Waals surface area (Å²) in [4.78, 5) is 17.7. The van der Waals surface area contributed by atoms with E-state index in [9.17, 15) is 4.79 Å². The third-order valence-corrected chi connectivity index (χ3v) is 3.15. The Morgan fingerprint density at radius 3 is 2.52 bits per heavy atom. The van der Waals surface area contributed by atoms with Gasteiger partial charge >= 0.3 is 6.03 Å². The fraction of sp³-hybridized carbons (Fsp3) is 0.125. The van der Waals surface area contributed by atoms with Gasteiger partial charge < -0.3 is 10.6 Å². The highest BCUT2D eigenvalue weighted by atomic mass is 16.2. The lowest BCUT2D eigenvalue weighted by Crippen LogP contribution is -2.28. The third-order valence-electron chi connectivity index (χ3n) is 3.15. The minimum Gasteiger partial charge on any atom is -0.332 e. The Morgan fingerprint density at radius 1 is 1.09 bits per heavy atom. The van der Waals surface area contributed by atoms with Crippen LogP contribution >= 0.6 is 0 Å². The molecule has 0 fully saturated rings. The minimum absolute atomic E-state index is 0.279. The molecule has 0 aliphatic carbocycles. The molecule has 3 rings (SSSR count). The van der Waals surface area contributed by atoms with Gasteiger partial charge in [-0.1, -0.05) is 6.07 Å². The van der Waals surface area contributed by atoms with Crippen LogP contribution in [0.3, 0.4) is 0 Å². The first-order valence-electron chi connectivity index (χ1n) is 7.15. The van der Waals surface area contributed by atoms with Gasteiger partial charge in [0.1, 0.15) is 0 Å². The maximum absolute atomic E-state index is 11.9. The van der Waals surface area contributed by atoms with Crippen LogP contribution in [-0.2, 0) is 6.54 Å². The van der Waals surface area contributed by atoms with Gasteiger partial charge in [0.25, 0.3) is 0 Å². The van der Waals surface area contributed by atoms with Gasteiger partial charge in [0, 0.05) is 11.4 Å². The largest absolute Gasteiger partial charge is 0.332 e. The Labute approximate surface area is 133 Å². The van der Waals surface area contributed by atoms with E-state index in [1.54, 1.807) is 24.5 Å². The van der Waals surface area contributed by atoms with Crippen LogP contribution in [0.1, 0.15) is 11.4 Å². The van der Waals surface area contributed by atoms with Crippen molar-refractivity contribution < 1.29 is 4.79 Å². The number of hydrogen-bond acceptors (Lipinski definition) is 4. The minimum atomic E-state index is -0.279. The Kier molecular flexibility index (Phi) is 4.28. The van der Waals surface area contributed by atoms with Crippen LogP contribution < -0.4 is 10.6 Å². The topological polar surface area (TPSA) is 84.7 Å². The lowest BCUT2D eigenvalue weighted by molar-refractivity contribution is 0.251. The molecule has 7 nitrogen and oxygen atoms in total. The van der Waals surface area contributed by atoms with Gasteiger partial charge in [-0.15, -0.1) is 0 Å². The average molecular weight is 308 g/mol. The average Bonchev–Trinajstić information content (AvgIpc) is 3.08. The number of hydrogen-bond donors (Lipinski definition) is 2. The molecule has 0 aliphatic heterocycles. The fourth-order valence-corrected chi connectivity index (χ4v) is 2.07. The molecule has 23 heavy (non-hydrogen) atoms. The normalized spacial score (nSPS) is 10.3. The Balaban J connectivity index is 1.55. The van der Waals surface area contributed by atoms with Crippen molar-refractivity contribution in [2.75, 3.05) is 5.32 Å². The van der Waals surface area contributed by atoms with E-state index >= 15 is 0 Å². The molecular weight excluding hydrogens is 292 g/mol. The van der Waals surface area contributed by atoms with Crippen molar-refractivity contribution in [1.82, 2.24) is 25.3 Å². The standard InChI is InChI=1S/C16H16N6O/c1-12-3-2-4-14(20-12)11-17-16(23)21-13-5-7-15(8-6-13)22-18-9-10-19-22/h2-10H,11H2,1H3,(H2,17,21,23). The number of carbonyl (C=O) groups is 1. The molecule has 0 atom stereocenters. The van der Waals surface area contributed by atoms with Crippen molar-refractivity contribution in [3.8, 4) is 5.69 Å². The maximum atomic E-state index is 11.9. The number of amides is 2. The smallest absolute Gasteiger partial charge is 0.319 e. The number of anilines is 1. The van der Waals surface area contributed by atoms with Crippen molar-refractivity contribution in [3.63, 3.8) is 0 Å². The van der Waals surface area contributed by atoms with E-state index in [-0.39, 0.29) is 6.03 Å². The molecule has 2 aromatic heterocycles. The molecule has 116 valence electrons. The summed E-state index contributed by atoms with van der Waals surface area (Å²) in [5.41, 5.74) is 3.26. The first-order valence-corrected chi connectivity index (χ1v) is 7.15. The summed E-state index contributed by atoms with van der Waals surface area (Å²) >= 11 is 0. The van der Waals surface area contributed by atoms with Crippen LogP contribution in [0.4, 0.5) is 10.5 Å². The van der Waals surface area contributed by atoms with Gasteiger partial charge in [-0.25, -0.2) is 4.79 Å². The van der Waals surface area contributed by atoms with Crippen LogP contribution in [0, 0.1) is 6.92 Å². The molecule has 0 saturated heterocycles. The molecule has 0 unspecified atom stereocenters. The second-order valence-corrected chi connectivity index (χ2v) is 4.94. The van der Waals surface area contributed by atoms with Crippen LogP contribution in [0.15, 0.2) is 54.9 Å². The summed E-state index contributed by atoms with van der Waals surface area (Å²) in [5.74, 6) is 0. The summed E-state index contributed by atoms with van der Waals surface area (Å²) in [6.45, 7) is 2.29. The van der Waals surface area contributed by atoms with Gasteiger partial charge in [0.2, 0.25) is 0 Å². The second-order valence-electron chi connectivity index (χ2n) is 4.94. The predicted molar refractivity (Wildman–Crippen MR) is 86.2 cm³/mol. The van der Waals surface area contributed by atoms with Crippen molar-refractivity contribution >= 4 is 11.7 Å². The Hall–Kier alpha value is -3.22. The molecule has 2 N–H and O–H groups in total. The third kappa shape index (κ3) is 3.91. The highest BCUT2D eigenvalue weighted by molar-refractivity contribution is 5.89. The quantitative estimate of drug-likeness (QED) is 0.774. The number of carbonyl (C=O) groups excluding carboxylic acids is 1. The highest BCUT2D eigenvalue weighted by Gasteiger charge is 2.03. The number of aromatic nitrogens is 4. The van der Waals surface area contributed by atoms with E-state index in [2.05, 4.69) is 25.8 Å². The van der Waals surface area contributed by atoms with E-state index in [1.807, 2.05) is 37.3 Å². The molecule has 0 radical (unpaired) electrons. The van der Waals surface area contributed by atoms with E-state index in [0.717, 1.165) is 17.1 Å². The number of nitrogens with one attached hydrogen (secondary N) is 2. The van der Waals surface area contributed by atoms with Gasteiger partial charge in [-0.2, -0.15) is 15.0 Å². The molecule has 0 aliphatic rings. The molecular formula is C16H16N6O. The number of rotatable bonds is 4. The van der Waals surface area contributed by atoms with Crippen molar-refractivity contribution in [1.29, 1.82) is 0 Å². The highest BCUT2D eigenvalue weighted by Crippen LogP contribution is 2.11. The van der Waals surface area contributed by atoms with Gasteiger partial charge in [0.05, 0.1) is 30.3 Å². The molecule has 3 aromatic rings. The summed E-state index contributed by atoms with van der Waals surface area (Å²) < 4.78 is 0. The molecule has 1 aromatic carbocycles. The second kappa shape index (κ2) is 6.69. The predicted octanol–water partition coefficient (Wildman–Crippen LogP) is 2.29. The molecule has 7 heteroatoms. The van der Waals surface area contributed by atoms with E-state index < -0.39 is 0 Å². The van der Waals surface area contributed by atoms with E-state index in [4.69, 9.17) is 0 Å². The summed E-state index contributed by atoms with van der Waals surface area (Å²) in [6, 6.07) is 12.7. The Bertz CT molecular complexity index is 783. The van der Waals surface area contributed by atoms with Crippen LogP contribution in [0.25, 0.3) is 5.69 Å². The number of urea groups is 1. The fourth-order valence-electron chi connectivity index (χ4n) is 2.07. The number of benzene rings is 1. The van der Waals surface area contributed by atoms with Crippen LogP contribution in [0.2, 0.25) is 0 Å². The van der Waals surface area contributed by atoms with Gasteiger partial charge in [0.15, 0.2) is 0 Å². The van der Waals surface area contributed by atoms with E-state index in [1.165, 1.54) is 4.80 Å². The first kappa shape index (κ1) is 14.7. The molecule has 2 heterocycles. The van der Waals surface area contributed by atoms with Crippen LogP contribution in [0.5, 0.6) is 0 Å². The summed E-state index contributed by atoms with van der Waals surface area (Å²) in [5, 5.41) is 13.6. The summed E-state index contributed by atoms with van der Waals surface area (Å²) in [7, 11) is 0. The molecule has 0 saturated carbocycles. The number of pyridine rings is 1. The molecule has 2 amide bonds. The van der Waals surface area contributed by atoms with Gasteiger partial charge in [-0.05, 0) is 43.3 Å². The zero-order valence-corrected chi connectivity index (χ0v) is 12.6. The van der Waals surface area contributed by atoms with Crippen LogP contribution in [-0.4, -0.2) is 26.0 Å². The summed E-state index contributed by atoms with van der Waals surface area (Å²) in [6.07, 6.45) is 3.22. The number of nitrogens with zero attached hydrogens (tertiary/aromatic N) is 4. The number of aryl methyl sites for hydroxylation is 1. The lowest BCUT2D eigenvalue weighted by atomic mass is 10.3. The lowest BCUT2D eigenvalue weighted by Gasteiger charge is -2.08. The van der Waals surface area contributed by atoms with Gasteiger partial charge in [-0.3, -0.25) is 4.98 Å². The van der Waals surface area contributed by atoms with Crippen molar-refractivity contribution in [2.24, 2.45) is 0 Å². The monoisotopic (exact) mass is 308 g/mol. The molecule has 0 spiro atoms. The molecule has 0 bridgehead atoms. The zero-order chi connectivity index (χ0) is 16.1. The first-order chi connectivity index (χ1) is 11.2. The van der Waals surface area contributed by atoms with Crippen molar-refractivity contribution in [3.05, 3.63) is 66.2 Å². The maximum Gasteiger partial charge on any atom is 0.319 e. The van der Waals surface area contributed by atoms with Crippen molar-refractivity contribution in [2.45, 2.75) is 13.5 Å². The SMILES string of the molecule is Cc1cccc(CNC(=O)Nc2ccc(-n3nccn3)cc2)n1. The zero-order valence-electron chi connectivity index (χ0n) is 12.6.